The summed E-state index contributed by atoms with van der Waals surface area (Å²) in [5.74, 6) is 0.757. The lowest BCUT2D eigenvalue weighted by atomic mass is 9.93. The van der Waals surface area contributed by atoms with E-state index in [9.17, 15) is 0 Å². The lowest BCUT2D eigenvalue weighted by Gasteiger charge is -2.31. The van der Waals surface area contributed by atoms with Crippen LogP contribution in [-0.4, -0.2) is 41.1 Å². The summed E-state index contributed by atoms with van der Waals surface area (Å²) in [5, 5.41) is 3.61. The van der Waals surface area contributed by atoms with Crippen LogP contribution in [0.15, 0.2) is 12.5 Å². The Labute approximate surface area is 124 Å². The van der Waals surface area contributed by atoms with Gasteiger partial charge in [-0.15, -0.1) is 0 Å². The van der Waals surface area contributed by atoms with Crippen molar-refractivity contribution >= 4 is 0 Å². The van der Waals surface area contributed by atoms with E-state index in [1.54, 1.807) is 0 Å². The van der Waals surface area contributed by atoms with Gasteiger partial charge >= 0.3 is 0 Å². The summed E-state index contributed by atoms with van der Waals surface area (Å²) in [6, 6.07) is 1.07. The van der Waals surface area contributed by atoms with Crippen molar-refractivity contribution in [2.45, 2.75) is 59.2 Å². The molecule has 1 aromatic heterocycles. The molecule has 1 aromatic rings. The maximum Gasteiger partial charge on any atom is 0.0951 e. The van der Waals surface area contributed by atoms with Gasteiger partial charge in [-0.2, -0.15) is 0 Å². The number of imidazole rings is 1. The fourth-order valence-electron chi connectivity index (χ4n) is 2.89. The predicted octanol–water partition coefficient (Wildman–Crippen LogP) is 2.92. The smallest absolute Gasteiger partial charge is 0.0951 e. The van der Waals surface area contributed by atoms with E-state index in [4.69, 9.17) is 0 Å². The van der Waals surface area contributed by atoms with Crippen LogP contribution in [0.5, 0.6) is 0 Å². The first kappa shape index (κ1) is 17.2. The summed E-state index contributed by atoms with van der Waals surface area (Å²) in [4.78, 5) is 6.61. The van der Waals surface area contributed by atoms with Crippen molar-refractivity contribution in [3.8, 4) is 0 Å². The van der Waals surface area contributed by atoms with Gasteiger partial charge in [0.05, 0.1) is 12.0 Å². The molecule has 0 aliphatic rings. The summed E-state index contributed by atoms with van der Waals surface area (Å²) in [6.45, 7) is 10.9. The molecule has 4 nitrogen and oxygen atoms in total. The van der Waals surface area contributed by atoms with Gasteiger partial charge in [-0.3, -0.25) is 0 Å². The zero-order valence-corrected chi connectivity index (χ0v) is 14.1. The summed E-state index contributed by atoms with van der Waals surface area (Å²) < 4.78 is 2.23. The maximum absolute atomic E-state index is 4.26. The molecule has 20 heavy (non-hydrogen) atoms. The zero-order chi connectivity index (χ0) is 15.1. The van der Waals surface area contributed by atoms with Gasteiger partial charge in [0, 0.05) is 31.4 Å². The van der Waals surface area contributed by atoms with E-state index in [1.165, 1.54) is 18.5 Å². The second-order valence-electron chi connectivity index (χ2n) is 6.12. The number of rotatable bonds is 9. The van der Waals surface area contributed by atoms with Crippen molar-refractivity contribution in [1.29, 1.82) is 0 Å². The number of hydrogen-bond donors (Lipinski definition) is 1. The molecule has 0 aliphatic heterocycles. The lowest BCUT2D eigenvalue weighted by molar-refractivity contribution is 0.193. The summed E-state index contributed by atoms with van der Waals surface area (Å²) in [7, 11) is 4.37. The highest BCUT2D eigenvalue weighted by Gasteiger charge is 2.20. The van der Waals surface area contributed by atoms with Crippen LogP contribution in [0.2, 0.25) is 0 Å². The summed E-state index contributed by atoms with van der Waals surface area (Å²) in [5.41, 5.74) is 1.27. The Kier molecular flexibility index (Phi) is 7.24. The minimum Gasteiger partial charge on any atom is -0.331 e. The molecule has 0 aromatic carbocycles. The molecule has 0 spiro atoms. The zero-order valence-electron chi connectivity index (χ0n) is 14.1. The van der Waals surface area contributed by atoms with E-state index in [1.807, 2.05) is 12.5 Å². The van der Waals surface area contributed by atoms with Gasteiger partial charge in [-0.1, -0.05) is 26.7 Å². The largest absolute Gasteiger partial charge is 0.331 e. The van der Waals surface area contributed by atoms with E-state index in [0.717, 1.165) is 19.0 Å². The Hall–Kier alpha value is -0.870. The second-order valence-corrected chi connectivity index (χ2v) is 6.12. The second kappa shape index (κ2) is 8.42. The Bertz CT molecular complexity index is 366. The molecule has 1 N–H and O–H groups in total. The number of likely N-dealkylation sites (N-methyl/N-ethyl adjacent to an activating group) is 1. The molecule has 1 heterocycles. The lowest BCUT2D eigenvalue weighted by Crippen LogP contribution is -2.43. The molecule has 0 aliphatic carbocycles. The molecule has 116 valence electrons. The SMILES string of the molecule is CCC(CC)C(CNCc1cncn1C(C)C)N(C)C. The third-order valence-electron chi connectivity index (χ3n) is 4.22. The topological polar surface area (TPSA) is 33.1 Å². The molecule has 4 heteroatoms. The molecule has 0 radical (unpaired) electrons. The Morgan fingerprint density at radius 3 is 2.40 bits per heavy atom. The van der Waals surface area contributed by atoms with Gasteiger partial charge in [0.25, 0.3) is 0 Å². The van der Waals surface area contributed by atoms with Crippen molar-refractivity contribution in [1.82, 2.24) is 19.8 Å². The van der Waals surface area contributed by atoms with Crippen LogP contribution >= 0.6 is 0 Å². The van der Waals surface area contributed by atoms with Crippen LogP contribution in [0.1, 0.15) is 52.3 Å². The van der Waals surface area contributed by atoms with Crippen LogP contribution < -0.4 is 5.32 Å². The van der Waals surface area contributed by atoms with Crippen LogP contribution in [-0.2, 0) is 6.54 Å². The van der Waals surface area contributed by atoms with E-state index < -0.39 is 0 Å². The fraction of sp³-hybridized carbons (Fsp3) is 0.812. The molecule has 0 bridgehead atoms. The van der Waals surface area contributed by atoms with Gasteiger partial charge in [-0.05, 0) is 33.9 Å². The van der Waals surface area contributed by atoms with Crippen molar-refractivity contribution in [2.24, 2.45) is 5.92 Å². The summed E-state index contributed by atoms with van der Waals surface area (Å²) >= 11 is 0. The summed E-state index contributed by atoms with van der Waals surface area (Å²) in [6.07, 6.45) is 6.37. The first-order valence-electron chi connectivity index (χ1n) is 7.89. The normalized spacial score (nSPS) is 13.7. The fourth-order valence-corrected chi connectivity index (χ4v) is 2.89. The Morgan fingerprint density at radius 1 is 1.25 bits per heavy atom. The first-order valence-corrected chi connectivity index (χ1v) is 7.89. The molecule has 0 saturated carbocycles. The van der Waals surface area contributed by atoms with Crippen LogP contribution in [0.4, 0.5) is 0 Å². The minimum atomic E-state index is 0.470. The first-order chi connectivity index (χ1) is 9.51. The van der Waals surface area contributed by atoms with Crippen molar-refractivity contribution in [2.75, 3.05) is 20.6 Å². The van der Waals surface area contributed by atoms with Crippen LogP contribution in [0.3, 0.4) is 0 Å². The minimum absolute atomic E-state index is 0.470. The van der Waals surface area contributed by atoms with E-state index in [2.05, 4.69) is 61.6 Å². The highest BCUT2D eigenvalue weighted by atomic mass is 15.1. The van der Waals surface area contributed by atoms with Gasteiger partial charge in [-0.25, -0.2) is 4.98 Å². The molecule has 0 saturated heterocycles. The number of aromatic nitrogens is 2. The highest BCUT2D eigenvalue weighted by Crippen LogP contribution is 2.16. The number of nitrogens with one attached hydrogen (secondary N) is 1. The van der Waals surface area contributed by atoms with Crippen molar-refractivity contribution in [3.63, 3.8) is 0 Å². The molecule has 0 amide bonds. The maximum atomic E-state index is 4.26. The third kappa shape index (κ3) is 4.60. The molecule has 1 rings (SSSR count). The van der Waals surface area contributed by atoms with Gasteiger partial charge in [0.2, 0.25) is 0 Å². The predicted molar refractivity (Wildman–Crippen MR) is 85.9 cm³/mol. The van der Waals surface area contributed by atoms with Gasteiger partial charge in [0.15, 0.2) is 0 Å². The third-order valence-corrected chi connectivity index (χ3v) is 4.22. The molecule has 1 atom stereocenters. The quantitative estimate of drug-likeness (QED) is 0.755. The Morgan fingerprint density at radius 2 is 1.90 bits per heavy atom. The van der Waals surface area contributed by atoms with Crippen LogP contribution in [0, 0.1) is 5.92 Å². The molecular weight excluding hydrogens is 248 g/mol. The highest BCUT2D eigenvalue weighted by molar-refractivity contribution is 4.99. The van der Waals surface area contributed by atoms with E-state index in [-0.39, 0.29) is 0 Å². The van der Waals surface area contributed by atoms with E-state index in [0.29, 0.717) is 12.1 Å². The van der Waals surface area contributed by atoms with E-state index >= 15 is 0 Å². The number of hydrogen-bond acceptors (Lipinski definition) is 3. The molecule has 1 unspecified atom stereocenters. The monoisotopic (exact) mass is 280 g/mol. The Balaban J connectivity index is 2.54. The van der Waals surface area contributed by atoms with Crippen molar-refractivity contribution < 1.29 is 0 Å². The van der Waals surface area contributed by atoms with Gasteiger partial charge < -0.3 is 14.8 Å². The number of nitrogens with zero attached hydrogens (tertiary/aromatic N) is 3. The standard InChI is InChI=1S/C16H32N4/c1-7-14(8-2)16(19(5)6)11-17-9-15-10-18-12-20(15)13(3)4/h10,12-14,16-17H,7-9,11H2,1-6H3. The average molecular weight is 280 g/mol. The van der Waals surface area contributed by atoms with Gasteiger partial charge in [0.1, 0.15) is 0 Å². The van der Waals surface area contributed by atoms with Crippen molar-refractivity contribution in [3.05, 3.63) is 18.2 Å². The molecular formula is C16H32N4. The average Bonchev–Trinajstić information content (AvgIpc) is 2.86. The van der Waals surface area contributed by atoms with Crippen LogP contribution in [0.25, 0.3) is 0 Å². The molecule has 0 fully saturated rings.